The van der Waals surface area contributed by atoms with Crippen LogP contribution in [-0.4, -0.2) is 78.9 Å². The third-order valence-electron chi connectivity index (χ3n) is 7.02. The number of rotatable bonds is 32. The highest BCUT2D eigenvalue weighted by atomic mass is 16.5. The Labute approximate surface area is 257 Å². The Hall–Kier alpha value is -2.73. The molecule has 0 heterocycles. The number of hydrogen-bond acceptors (Lipinski definition) is 7. The summed E-state index contributed by atoms with van der Waals surface area (Å²) in [5.74, 6) is -3.05. The highest BCUT2D eigenvalue weighted by Gasteiger charge is 2.20. The van der Waals surface area contributed by atoms with Gasteiger partial charge in [-0.2, -0.15) is 0 Å². The van der Waals surface area contributed by atoms with Gasteiger partial charge in [0.1, 0.15) is 12.6 Å². The van der Waals surface area contributed by atoms with Crippen molar-refractivity contribution in [2.75, 3.05) is 33.0 Å². The lowest BCUT2D eigenvalue weighted by Crippen LogP contribution is -2.41. The van der Waals surface area contributed by atoms with Gasteiger partial charge < -0.3 is 36.1 Å². The number of aliphatic carboxylic acids is 2. The number of carboxylic acids is 2. The molecule has 0 aromatic heterocycles. The zero-order chi connectivity index (χ0) is 32.0. The standard InChI is InChI=1S/C31H57N3O9/c32-27(35)25-43-24-23-42-22-21-33-28(36)20-19-26(31(40)41)34-29(37)17-15-13-11-9-7-5-3-1-2-4-6-8-10-12-14-16-18-30(38)39/h26H,1-25H2,(H2,32,35)(H,33,36)(H,34,37)(H,38,39)(H,40,41)/t26-/m0/s1. The molecule has 0 spiro atoms. The summed E-state index contributed by atoms with van der Waals surface area (Å²) in [5.41, 5.74) is 4.94. The Balaban J connectivity index is 3.61. The molecule has 0 aliphatic heterocycles. The van der Waals surface area contributed by atoms with Gasteiger partial charge >= 0.3 is 11.9 Å². The van der Waals surface area contributed by atoms with E-state index in [2.05, 4.69) is 10.6 Å². The van der Waals surface area contributed by atoms with Crippen molar-refractivity contribution in [3.05, 3.63) is 0 Å². The van der Waals surface area contributed by atoms with Crippen LogP contribution in [0.4, 0.5) is 0 Å². The van der Waals surface area contributed by atoms with E-state index in [1.54, 1.807) is 0 Å². The Kier molecular flexibility index (Phi) is 27.5. The fourth-order valence-electron chi connectivity index (χ4n) is 4.58. The number of carbonyl (C=O) groups is 5. The summed E-state index contributed by atoms with van der Waals surface area (Å²) in [6, 6.07) is -1.10. The molecule has 12 heteroatoms. The lowest BCUT2D eigenvalue weighted by atomic mass is 10.0. The maximum atomic E-state index is 12.2. The molecule has 0 aromatic rings. The number of carboxylic acid groups (broad SMARTS) is 2. The number of nitrogens with two attached hydrogens (primary N) is 1. The molecule has 0 aromatic carbocycles. The first kappa shape index (κ1) is 40.3. The number of primary amides is 1. The predicted octanol–water partition coefficient (Wildman–Crippen LogP) is 4.08. The van der Waals surface area contributed by atoms with Crippen LogP contribution in [0.25, 0.3) is 0 Å². The van der Waals surface area contributed by atoms with E-state index in [0.717, 1.165) is 38.5 Å². The minimum atomic E-state index is -1.16. The molecule has 0 radical (unpaired) electrons. The van der Waals surface area contributed by atoms with Crippen LogP contribution in [0.15, 0.2) is 0 Å². The summed E-state index contributed by atoms with van der Waals surface area (Å²) in [7, 11) is 0. The van der Waals surface area contributed by atoms with E-state index in [1.165, 1.54) is 57.8 Å². The number of unbranched alkanes of at least 4 members (excludes halogenated alkanes) is 15. The second kappa shape index (κ2) is 29.3. The normalized spacial score (nSPS) is 11.6. The van der Waals surface area contributed by atoms with Crippen molar-refractivity contribution < 1.29 is 43.7 Å². The van der Waals surface area contributed by atoms with Gasteiger partial charge in [0.15, 0.2) is 0 Å². The molecule has 1 atom stereocenters. The van der Waals surface area contributed by atoms with Crippen molar-refractivity contribution in [1.29, 1.82) is 0 Å². The molecule has 0 aliphatic rings. The Bertz CT molecular complexity index is 765. The van der Waals surface area contributed by atoms with Crippen LogP contribution in [0.3, 0.4) is 0 Å². The van der Waals surface area contributed by atoms with Gasteiger partial charge in [0, 0.05) is 25.8 Å². The maximum Gasteiger partial charge on any atom is 0.326 e. The molecular weight excluding hydrogens is 558 g/mol. The molecule has 0 bridgehead atoms. The lowest BCUT2D eigenvalue weighted by molar-refractivity contribution is -0.142. The summed E-state index contributed by atoms with van der Waals surface area (Å²) in [5, 5.41) is 23.2. The van der Waals surface area contributed by atoms with Crippen molar-refractivity contribution in [2.45, 2.75) is 134 Å². The van der Waals surface area contributed by atoms with Gasteiger partial charge in [-0.05, 0) is 19.3 Å². The first-order valence-electron chi connectivity index (χ1n) is 16.2. The molecule has 6 N–H and O–H groups in total. The maximum absolute atomic E-state index is 12.2. The molecule has 0 rings (SSSR count). The number of ether oxygens (including phenoxy) is 2. The van der Waals surface area contributed by atoms with Crippen molar-refractivity contribution in [3.63, 3.8) is 0 Å². The van der Waals surface area contributed by atoms with Crippen molar-refractivity contribution >= 4 is 29.7 Å². The van der Waals surface area contributed by atoms with Gasteiger partial charge in [0.2, 0.25) is 17.7 Å². The molecule has 0 aliphatic carbocycles. The van der Waals surface area contributed by atoms with Crippen LogP contribution in [-0.2, 0) is 33.4 Å². The minimum Gasteiger partial charge on any atom is -0.481 e. The van der Waals surface area contributed by atoms with Gasteiger partial charge in [0.05, 0.1) is 19.8 Å². The highest BCUT2D eigenvalue weighted by molar-refractivity contribution is 5.84. The van der Waals surface area contributed by atoms with Gasteiger partial charge in [-0.25, -0.2) is 4.79 Å². The van der Waals surface area contributed by atoms with Crippen LogP contribution in [0.1, 0.15) is 128 Å². The number of carbonyl (C=O) groups excluding carboxylic acids is 3. The van der Waals surface area contributed by atoms with Crippen LogP contribution >= 0.6 is 0 Å². The van der Waals surface area contributed by atoms with Gasteiger partial charge in [-0.3, -0.25) is 19.2 Å². The van der Waals surface area contributed by atoms with E-state index in [0.29, 0.717) is 6.42 Å². The first-order chi connectivity index (χ1) is 20.7. The highest BCUT2D eigenvalue weighted by Crippen LogP contribution is 2.14. The number of hydrogen-bond donors (Lipinski definition) is 5. The fourth-order valence-corrected chi connectivity index (χ4v) is 4.58. The van der Waals surface area contributed by atoms with Gasteiger partial charge in [-0.1, -0.05) is 89.9 Å². The van der Waals surface area contributed by atoms with Crippen molar-refractivity contribution in [1.82, 2.24) is 10.6 Å². The Morgan fingerprint density at radius 3 is 1.51 bits per heavy atom. The predicted molar refractivity (Wildman–Crippen MR) is 163 cm³/mol. The van der Waals surface area contributed by atoms with Crippen LogP contribution < -0.4 is 16.4 Å². The molecule has 0 saturated carbocycles. The van der Waals surface area contributed by atoms with Crippen LogP contribution in [0.5, 0.6) is 0 Å². The third kappa shape index (κ3) is 30.5. The van der Waals surface area contributed by atoms with E-state index in [9.17, 15) is 29.1 Å². The number of amides is 3. The monoisotopic (exact) mass is 615 g/mol. The topological polar surface area (TPSA) is 194 Å². The van der Waals surface area contributed by atoms with Crippen molar-refractivity contribution in [3.8, 4) is 0 Å². The van der Waals surface area contributed by atoms with E-state index in [-0.39, 0.29) is 70.5 Å². The zero-order valence-electron chi connectivity index (χ0n) is 26.1. The van der Waals surface area contributed by atoms with Gasteiger partial charge in [-0.15, -0.1) is 0 Å². The van der Waals surface area contributed by atoms with Gasteiger partial charge in [0.25, 0.3) is 0 Å². The Morgan fingerprint density at radius 1 is 0.581 bits per heavy atom. The van der Waals surface area contributed by atoms with Crippen LogP contribution in [0, 0.1) is 0 Å². The lowest BCUT2D eigenvalue weighted by Gasteiger charge is -2.14. The summed E-state index contributed by atoms with van der Waals surface area (Å²) in [4.78, 5) is 56.7. The fraction of sp³-hybridized carbons (Fsp3) is 0.839. The summed E-state index contributed by atoms with van der Waals surface area (Å²) in [6.07, 6.45) is 18.6. The third-order valence-corrected chi connectivity index (χ3v) is 7.02. The first-order valence-corrected chi connectivity index (χ1v) is 16.2. The largest absolute Gasteiger partial charge is 0.481 e. The second-order valence-corrected chi connectivity index (χ2v) is 11.0. The van der Waals surface area contributed by atoms with E-state index >= 15 is 0 Å². The molecule has 250 valence electrons. The molecule has 0 fully saturated rings. The van der Waals surface area contributed by atoms with E-state index < -0.39 is 23.9 Å². The minimum absolute atomic E-state index is 0.00486. The summed E-state index contributed by atoms with van der Waals surface area (Å²) in [6.45, 7) is 0.777. The average molecular weight is 616 g/mol. The van der Waals surface area contributed by atoms with Crippen molar-refractivity contribution in [2.24, 2.45) is 5.73 Å². The molecule has 3 amide bonds. The smallest absolute Gasteiger partial charge is 0.326 e. The molecular formula is C31H57N3O9. The Morgan fingerprint density at radius 2 is 1.05 bits per heavy atom. The quantitative estimate of drug-likeness (QED) is 0.0693. The molecule has 43 heavy (non-hydrogen) atoms. The molecule has 0 saturated heterocycles. The zero-order valence-corrected chi connectivity index (χ0v) is 26.1. The number of nitrogens with one attached hydrogen (secondary N) is 2. The molecule has 0 unspecified atom stereocenters. The summed E-state index contributed by atoms with van der Waals surface area (Å²) >= 11 is 0. The van der Waals surface area contributed by atoms with Crippen LogP contribution in [0.2, 0.25) is 0 Å². The van der Waals surface area contributed by atoms with E-state index in [4.69, 9.17) is 20.3 Å². The molecule has 12 nitrogen and oxygen atoms in total. The summed E-state index contributed by atoms with van der Waals surface area (Å²) < 4.78 is 10.2. The average Bonchev–Trinajstić information content (AvgIpc) is 2.95. The second-order valence-electron chi connectivity index (χ2n) is 11.0. The SMILES string of the molecule is NC(=O)COCCOCCNC(=O)CC[C@H](NC(=O)CCCCCCCCCCCCCCCCCCC(=O)O)C(=O)O. The van der Waals surface area contributed by atoms with E-state index in [1.807, 2.05) is 0 Å².